The Morgan fingerprint density at radius 2 is 2.04 bits per heavy atom. The van der Waals surface area contributed by atoms with Crippen LogP contribution in [-0.2, 0) is 9.59 Å². The zero-order valence-electron chi connectivity index (χ0n) is 14.8. The summed E-state index contributed by atoms with van der Waals surface area (Å²) in [4.78, 5) is 32.3. The molecule has 1 aromatic heterocycles. The Bertz CT molecular complexity index is 601. The van der Waals surface area contributed by atoms with Crippen molar-refractivity contribution in [3.8, 4) is 0 Å². The number of pyridine rings is 1. The molecule has 1 saturated heterocycles. The average Bonchev–Trinajstić information content (AvgIpc) is 3.06. The van der Waals surface area contributed by atoms with Crippen LogP contribution >= 0.6 is 0 Å². The van der Waals surface area contributed by atoms with Crippen LogP contribution in [0.1, 0.15) is 43.6 Å². The molecule has 1 N–H and O–H groups in total. The third kappa shape index (κ3) is 4.18. The Kier molecular flexibility index (Phi) is 5.68. The second-order valence-corrected chi connectivity index (χ2v) is 7.33. The van der Waals surface area contributed by atoms with Crippen LogP contribution < -0.4 is 0 Å². The molecule has 1 aliphatic heterocycles. The molecular formula is C19H27N3O3. The lowest BCUT2D eigenvalue weighted by Crippen LogP contribution is -2.43. The number of hydrogen-bond donors (Lipinski definition) is 1. The van der Waals surface area contributed by atoms with Gasteiger partial charge in [-0.3, -0.25) is 19.5 Å². The van der Waals surface area contributed by atoms with Crippen LogP contribution in [0.15, 0.2) is 24.5 Å². The van der Waals surface area contributed by atoms with Gasteiger partial charge in [-0.25, -0.2) is 0 Å². The Morgan fingerprint density at radius 3 is 2.68 bits per heavy atom. The maximum Gasteiger partial charge on any atom is 0.308 e. The number of carboxylic acids is 1. The van der Waals surface area contributed by atoms with E-state index in [1.165, 1.54) is 19.3 Å². The van der Waals surface area contributed by atoms with Gasteiger partial charge in [-0.2, -0.15) is 0 Å². The molecule has 0 unspecified atom stereocenters. The maximum absolute atomic E-state index is 12.6. The third-order valence-electron chi connectivity index (χ3n) is 5.70. The number of hydrogen-bond acceptors (Lipinski definition) is 4. The number of carbonyl (C=O) groups excluding carboxylic acids is 1. The number of aliphatic carboxylic acids is 1. The number of nitrogens with zero attached hydrogens (tertiary/aromatic N) is 3. The van der Waals surface area contributed by atoms with Crippen LogP contribution in [0.4, 0.5) is 0 Å². The van der Waals surface area contributed by atoms with E-state index in [2.05, 4.69) is 4.98 Å². The Morgan fingerprint density at radius 1 is 1.28 bits per heavy atom. The summed E-state index contributed by atoms with van der Waals surface area (Å²) < 4.78 is 0. The molecule has 2 atom stereocenters. The lowest BCUT2D eigenvalue weighted by Gasteiger charge is -2.32. The molecule has 1 aromatic rings. The normalized spacial score (nSPS) is 25.0. The van der Waals surface area contributed by atoms with Gasteiger partial charge < -0.3 is 10.0 Å². The highest BCUT2D eigenvalue weighted by Gasteiger charge is 2.39. The van der Waals surface area contributed by atoms with Crippen molar-refractivity contribution in [1.29, 1.82) is 0 Å². The van der Waals surface area contributed by atoms with Crippen molar-refractivity contribution in [2.24, 2.45) is 5.92 Å². The van der Waals surface area contributed by atoms with Gasteiger partial charge in [0.2, 0.25) is 5.91 Å². The highest BCUT2D eigenvalue weighted by molar-refractivity contribution is 5.79. The van der Waals surface area contributed by atoms with Gasteiger partial charge in [0, 0.05) is 44.5 Å². The zero-order valence-corrected chi connectivity index (χ0v) is 14.8. The van der Waals surface area contributed by atoms with E-state index >= 15 is 0 Å². The molecule has 3 rings (SSSR count). The molecule has 2 fully saturated rings. The summed E-state index contributed by atoms with van der Waals surface area (Å²) in [7, 11) is 1.89. The predicted molar refractivity (Wildman–Crippen MR) is 94.2 cm³/mol. The number of carboxylic acid groups (broad SMARTS) is 1. The lowest BCUT2D eigenvalue weighted by molar-refractivity contribution is -0.142. The minimum Gasteiger partial charge on any atom is -0.481 e. The number of amides is 1. The highest BCUT2D eigenvalue weighted by Crippen LogP contribution is 2.32. The molecule has 2 aliphatic rings. The van der Waals surface area contributed by atoms with E-state index in [0.717, 1.165) is 18.4 Å². The van der Waals surface area contributed by atoms with Gasteiger partial charge in [0.1, 0.15) is 0 Å². The molecule has 6 heteroatoms. The van der Waals surface area contributed by atoms with E-state index in [1.54, 1.807) is 12.4 Å². The maximum atomic E-state index is 12.6. The van der Waals surface area contributed by atoms with Crippen molar-refractivity contribution in [2.75, 3.05) is 26.7 Å². The Labute approximate surface area is 148 Å². The second-order valence-electron chi connectivity index (χ2n) is 7.33. The van der Waals surface area contributed by atoms with Gasteiger partial charge in [0.05, 0.1) is 12.5 Å². The molecule has 0 bridgehead atoms. The van der Waals surface area contributed by atoms with Crippen molar-refractivity contribution >= 4 is 11.9 Å². The van der Waals surface area contributed by atoms with Gasteiger partial charge in [-0.05, 0) is 24.5 Å². The number of rotatable bonds is 5. The van der Waals surface area contributed by atoms with Crippen LogP contribution in [0.2, 0.25) is 0 Å². The molecule has 0 aromatic carbocycles. The molecule has 0 spiro atoms. The van der Waals surface area contributed by atoms with Crippen molar-refractivity contribution in [3.05, 3.63) is 30.1 Å². The standard InChI is InChI=1S/C19H27N3O3/c1-21(15-7-3-2-4-8-15)18(23)13-22-11-16(17(12-22)19(24)25)14-6-5-9-20-10-14/h5-6,9-10,15-17H,2-4,7-8,11-13H2,1H3,(H,24,25)/t16-,17+/m1/s1. The first-order valence-corrected chi connectivity index (χ1v) is 9.17. The molecule has 1 amide bonds. The van der Waals surface area contributed by atoms with Crippen LogP contribution in [0, 0.1) is 5.92 Å². The van der Waals surface area contributed by atoms with E-state index in [4.69, 9.17) is 0 Å². The van der Waals surface area contributed by atoms with E-state index in [1.807, 2.05) is 29.0 Å². The van der Waals surface area contributed by atoms with Crippen LogP contribution in [0.5, 0.6) is 0 Å². The van der Waals surface area contributed by atoms with Gasteiger partial charge in [0.15, 0.2) is 0 Å². The molecule has 0 radical (unpaired) electrons. The van der Waals surface area contributed by atoms with Gasteiger partial charge in [0.25, 0.3) is 0 Å². The summed E-state index contributed by atoms with van der Waals surface area (Å²) in [5, 5.41) is 9.57. The van der Waals surface area contributed by atoms with E-state index in [0.29, 0.717) is 25.7 Å². The van der Waals surface area contributed by atoms with Gasteiger partial charge >= 0.3 is 5.97 Å². The zero-order chi connectivity index (χ0) is 17.8. The number of aromatic nitrogens is 1. The summed E-state index contributed by atoms with van der Waals surface area (Å²) in [5.74, 6) is -1.30. The number of carbonyl (C=O) groups is 2. The minimum absolute atomic E-state index is 0.0999. The van der Waals surface area contributed by atoms with Gasteiger partial charge in [-0.1, -0.05) is 25.3 Å². The van der Waals surface area contributed by atoms with Crippen molar-refractivity contribution in [2.45, 2.75) is 44.1 Å². The number of likely N-dealkylation sites (tertiary alicyclic amines) is 1. The SMILES string of the molecule is CN(C(=O)CN1C[C@H](C(=O)O)[C@@H](c2cccnc2)C1)C1CCCCC1. The van der Waals surface area contributed by atoms with E-state index < -0.39 is 11.9 Å². The average molecular weight is 345 g/mol. The molecule has 1 saturated carbocycles. The van der Waals surface area contributed by atoms with E-state index in [9.17, 15) is 14.7 Å². The summed E-state index contributed by atoms with van der Waals surface area (Å²) in [6, 6.07) is 4.10. The first kappa shape index (κ1) is 17.9. The largest absolute Gasteiger partial charge is 0.481 e. The Balaban J connectivity index is 1.63. The molecular weight excluding hydrogens is 318 g/mol. The lowest BCUT2D eigenvalue weighted by atomic mass is 9.90. The molecule has 136 valence electrons. The van der Waals surface area contributed by atoms with Crippen LogP contribution in [-0.4, -0.2) is 64.5 Å². The summed E-state index contributed by atoms with van der Waals surface area (Å²) >= 11 is 0. The fourth-order valence-corrected chi connectivity index (χ4v) is 4.17. The first-order valence-electron chi connectivity index (χ1n) is 9.17. The molecule has 2 heterocycles. The van der Waals surface area contributed by atoms with Gasteiger partial charge in [-0.15, -0.1) is 0 Å². The topological polar surface area (TPSA) is 73.7 Å². The highest BCUT2D eigenvalue weighted by atomic mass is 16.4. The fourth-order valence-electron chi connectivity index (χ4n) is 4.17. The molecule has 6 nitrogen and oxygen atoms in total. The third-order valence-corrected chi connectivity index (χ3v) is 5.70. The summed E-state index contributed by atoms with van der Waals surface area (Å²) in [6.45, 7) is 1.31. The van der Waals surface area contributed by atoms with Crippen LogP contribution in [0.3, 0.4) is 0 Å². The van der Waals surface area contributed by atoms with Crippen molar-refractivity contribution < 1.29 is 14.7 Å². The fraction of sp³-hybridized carbons (Fsp3) is 0.632. The van der Waals surface area contributed by atoms with Crippen molar-refractivity contribution in [3.63, 3.8) is 0 Å². The summed E-state index contributed by atoms with van der Waals surface area (Å²) in [6.07, 6.45) is 9.23. The van der Waals surface area contributed by atoms with Crippen LogP contribution in [0.25, 0.3) is 0 Å². The second kappa shape index (κ2) is 7.95. The quantitative estimate of drug-likeness (QED) is 0.883. The molecule has 1 aliphatic carbocycles. The monoisotopic (exact) mass is 345 g/mol. The minimum atomic E-state index is -0.801. The smallest absolute Gasteiger partial charge is 0.308 e. The Hall–Kier alpha value is -1.95. The first-order chi connectivity index (χ1) is 12.1. The summed E-state index contributed by atoms with van der Waals surface area (Å²) in [5.41, 5.74) is 0.936. The number of likely N-dealkylation sites (N-methyl/N-ethyl adjacent to an activating group) is 1. The molecule has 25 heavy (non-hydrogen) atoms. The van der Waals surface area contributed by atoms with Crippen molar-refractivity contribution in [1.82, 2.24) is 14.8 Å². The van der Waals surface area contributed by atoms with E-state index in [-0.39, 0.29) is 11.8 Å². The predicted octanol–water partition coefficient (Wildman–Crippen LogP) is 1.97.